The molecule has 1 aliphatic rings. The highest BCUT2D eigenvalue weighted by atomic mass is 16.3. The SMILES string of the molecule is CC(NC1CCCc2occc21)C(=O)NC(C)(C)C. The second kappa shape index (κ2) is 5.37. The quantitative estimate of drug-likeness (QED) is 0.882. The Labute approximate surface area is 114 Å². The fourth-order valence-electron chi connectivity index (χ4n) is 2.51. The van der Waals surface area contributed by atoms with Crippen molar-refractivity contribution in [2.45, 2.75) is 64.6 Å². The van der Waals surface area contributed by atoms with E-state index in [-0.39, 0.29) is 23.5 Å². The Morgan fingerprint density at radius 3 is 2.89 bits per heavy atom. The summed E-state index contributed by atoms with van der Waals surface area (Å²) in [4.78, 5) is 12.1. The number of furan rings is 1. The summed E-state index contributed by atoms with van der Waals surface area (Å²) in [7, 11) is 0. The Morgan fingerprint density at radius 1 is 1.47 bits per heavy atom. The molecule has 0 radical (unpaired) electrons. The van der Waals surface area contributed by atoms with Crippen LogP contribution in [0.2, 0.25) is 0 Å². The highest BCUT2D eigenvalue weighted by Crippen LogP contribution is 2.30. The first kappa shape index (κ1) is 14.1. The van der Waals surface area contributed by atoms with Crippen LogP contribution in [0.1, 0.15) is 57.9 Å². The Bertz CT molecular complexity index is 445. The van der Waals surface area contributed by atoms with Gasteiger partial charge in [0, 0.05) is 23.6 Å². The van der Waals surface area contributed by atoms with Gasteiger partial charge in [-0.3, -0.25) is 10.1 Å². The minimum atomic E-state index is -0.204. The second-order valence-electron chi connectivity index (χ2n) is 6.37. The van der Waals surface area contributed by atoms with Crippen molar-refractivity contribution in [1.29, 1.82) is 0 Å². The third kappa shape index (κ3) is 3.60. The van der Waals surface area contributed by atoms with E-state index in [0.29, 0.717) is 0 Å². The van der Waals surface area contributed by atoms with Crippen LogP contribution < -0.4 is 10.6 Å². The van der Waals surface area contributed by atoms with Gasteiger partial charge in [0.1, 0.15) is 5.76 Å². The molecule has 0 aliphatic heterocycles. The van der Waals surface area contributed by atoms with E-state index >= 15 is 0 Å². The molecular formula is C15H24N2O2. The molecule has 1 aromatic heterocycles. The maximum atomic E-state index is 12.1. The molecule has 2 unspecified atom stereocenters. The van der Waals surface area contributed by atoms with E-state index in [0.717, 1.165) is 25.0 Å². The number of nitrogens with one attached hydrogen (secondary N) is 2. The van der Waals surface area contributed by atoms with Crippen molar-refractivity contribution in [3.8, 4) is 0 Å². The normalized spacial score (nSPS) is 20.7. The van der Waals surface area contributed by atoms with Crippen LogP contribution in [0, 0.1) is 0 Å². The largest absolute Gasteiger partial charge is 0.469 e. The van der Waals surface area contributed by atoms with Gasteiger partial charge in [-0.05, 0) is 46.6 Å². The van der Waals surface area contributed by atoms with Gasteiger partial charge in [-0.15, -0.1) is 0 Å². The van der Waals surface area contributed by atoms with Gasteiger partial charge in [0.2, 0.25) is 5.91 Å². The van der Waals surface area contributed by atoms with Crippen LogP contribution in [-0.2, 0) is 11.2 Å². The van der Waals surface area contributed by atoms with Crippen molar-refractivity contribution < 1.29 is 9.21 Å². The van der Waals surface area contributed by atoms with Gasteiger partial charge in [0.05, 0.1) is 12.3 Å². The summed E-state index contributed by atoms with van der Waals surface area (Å²) in [6.07, 6.45) is 4.90. The van der Waals surface area contributed by atoms with Crippen molar-refractivity contribution in [2.75, 3.05) is 0 Å². The number of fused-ring (bicyclic) bond motifs is 1. The van der Waals surface area contributed by atoms with E-state index in [9.17, 15) is 4.79 Å². The molecule has 0 spiro atoms. The van der Waals surface area contributed by atoms with Crippen LogP contribution in [0.15, 0.2) is 16.7 Å². The Balaban J connectivity index is 1.97. The van der Waals surface area contributed by atoms with E-state index in [1.165, 1.54) is 5.56 Å². The van der Waals surface area contributed by atoms with Gasteiger partial charge in [0.25, 0.3) is 0 Å². The Hall–Kier alpha value is -1.29. The third-order valence-corrected chi connectivity index (χ3v) is 3.39. The summed E-state index contributed by atoms with van der Waals surface area (Å²) in [5, 5.41) is 6.41. The lowest BCUT2D eigenvalue weighted by atomic mass is 9.93. The maximum absolute atomic E-state index is 12.1. The average molecular weight is 264 g/mol. The Kier molecular flexibility index (Phi) is 3.99. The van der Waals surface area contributed by atoms with E-state index in [1.807, 2.05) is 33.8 Å². The van der Waals surface area contributed by atoms with Gasteiger partial charge in [-0.25, -0.2) is 0 Å². The molecular weight excluding hydrogens is 240 g/mol. The van der Waals surface area contributed by atoms with E-state index in [4.69, 9.17) is 4.42 Å². The number of carbonyl (C=O) groups excluding carboxylic acids is 1. The molecule has 19 heavy (non-hydrogen) atoms. The predicted molar refractivity (Wildman–Crippen MR) is 74.9 cm³/mol. The van der Waals surface area contributed by atoms with Crippen LogP contribution in [-0.4, -0.2) is 17.5 Å². The van der Waals surface area contributed by atoms with Crippen LogP contribution >= 0.6 is 0 Å². The zero-order chi connectivity index (χ0) is 14.0. The molecule has 2 atom stereocenters. The molecule has 1 aromatic rings. The number of hydrogen-bond acceptors (Lipinski definition) is 3. The summed E-state index contributed by atoms with van der Waals surface area (Å²) in [5.41, 5.74) is 1.02. The van der Waals surface area contributed by atoms with Crippen LogP contribution in [0.25, 0.3) is 0 Å². The molecule has 2 N–H and O–H groups in total. The van der Waals surface area contributed by atoms with Crippen LogP contribution in [0.5, 0.6) is 0 Å². The molecule has 4 heteroatoms. The maximum Gasteiger partial charge on any atom is 0.237 e. The molecule has 1 amide bonds. The predicted octanol–water partition coefficient (Wildman–Crippen LogP) is 2.55. The van der Waals surface area contributed by atoms with Gasteiger partial charge in [0.15, 0.2) is 0 Å². The topological polar surface area (TPSA) is 54.3 Å². The molecule has 0 saturated carbocycles. The van der Waals surface area contributed by atoms with E-state index in [1.54, 1.807) is 6.26 Å². The molecule has 0 bridgehead atoms. The summed E-state index contributed by atoms with van der Waals surface area (Å²) in [6, 6.07) is 2.04. The third-order valence-electron chi connectivity index (χ3n) is 3.39. The van der Waals surface area contributed by atoms with Crippen LogP contribution in [0.3, 0.4) is 0 Å². The molecule has 0 aromatic carbocycles. The molecule has 1 aliphatic carbocycles. The molecule has 2 rings (SSSR count). The van der Waals surface area contributed by atoms with Gasteiger partial charge < -0.3 is 9.73 Å². The highest BCUT2D eigenvalue weighted by Gasteiger charge is 2.26. The molecule has 106 valence electrons. The van der Waals surface area contributed by atoms with E-state index < -0.39 is 0 Å². The van der Waals surface area contributed by atoms with Crippen molar-refractivity contribution in [3.63, 3.8) is 0 Å². The van der Waals surface area contributed by atoms with Gasteiger partial charge >= 0.3 is 0 Å². The van der Waals surface area contributed by atoms with Crippen molar-refractivity contribution >= 4 is 5.91 Å². The lowest BCUT2D eigenvalue weighted by Crippen LogP contribution is -2.50. The van der Waals surface area contributed by atoms with Crippen LogP contribution in [0.4, 0.5) is 0 Å². The molecule has 0 saturated heterocycles. The summed E-state index contributed by atoms with van der Waals surface area (Å²) < 4.78 is 5.47. The summed E-state index contributed by atoms with van der Waals surface area (Å²) in [6.45, 7) is 7.89. The lowest BCUT2D eigenvalue weighted by Gasteiger charge is -2.28. The minimum Gasteiger partial charge on any atom is -0.469 e. The van der Waals surface area contributed by atoms with Gasteiger partial charge in [-0.2, -0.15) is 0 Å². The monoisotopic (exact) mass is 264 g/mol. The first-order valence-electron chi connectivity index (χ1n) is 7.01. The number of carbonyl (C=O) groups is 1. The number of hydrogen-bond donors (Lipinski definition) is 2. The standard InChI is InChI=1S/C15H24N2O2/c1-10(14(18)17-15(2,3)4)16-12-6-5-7-13-11(12)8-9-19-13/h8-10,12,16H,5-7H2,1-4H3,(H,17,18). The smallest absolute Gasteiger partial charge is 0.237 e. The molecule has 4 nitrogen and oxygen atoms in total. The van der Waals surface area contributed by atoms with Gasteiger partial charge in [-0.1, -0.05) is 0 Å². The summed E-state index contributed by atoms with van der Waals surface area (Å²) >= 11 is 0. The minimum absolute atomic E-state index is 0.0446. The molecule has 0 fully saturated rings. The number of amides is 1. The first-order chi connectivity index (χ1) is 8.87. The summed E-state index contributed by atoms with van der Waals surface area (Å²) in [5.74, 6) is 1.11. The average Bonchev–Trinajstić information content (AvgIpc) is 2.75. The van der Waals surface area contributed by atoms with Crippen molar-refractivity contribution in [2.24, 2.45) is 0 Å². The van der Waals surface area contributed by atoms with Crippen molar-refractivity contribution in [3.05, 3.63) is 23.7 Å². The fourth-order valence-corrected chi connectivity index (χ4v) is 2.51. The fraction of sp³-hybridized carbons (Fsp3) is 0.667. The zero-order valence-corrected chi connectivity index (χ0v) is 12.2. The molecule has 1 heterocycles. The first-order valence-corrected chi connectivity index (χ1v) is 7.01. The lowest BCUT2D eigenvalue weighted by molar-refractivity contribution is -0.124. The number of rotatable bonds is 3. The van der Waals surface area contributed by atoms with E-state index in [2.05, 4.69) is 10.6 Å². The zero-order valence-electron chi connectivity index (χ0n) is 12.2. The second-order valence-corrected chi connectivity index (χ2v) is 6.37. The number of aryl methyl sites for hydroxylation is 1. The highest BCUT2D eigenvalue weighted by molar-refractivity contribution is 5.82. The Morgan fingerprint density at radius 2 is 2.21 bits per heavy atom. The van der Waals surface area contributed by atoms with Crippen molar-refractivity contribution in [1.82, 2.24) is 10.6 Å².